The standard InChI is InChI=1S/C20H21N5O4/c1-12-9-13(2)25-20(21-12)23-18(24-25)19(28)29-11-17(27)22-16(14(3)26)10-15-7-5-4-6-8-15/h4-9,16H,10-11H2,1-3H3,(H,22,27). The van der Waals surface area contributed by atoms with Crippen LogP contribution in [0.25, 0.3) is 5.78 Å². The summed E-state index contributed by atoms with van der Waals surface area (Å²) in [7, 11) is 0. The summed E-state index contributed by atoms with van der Waals surface area (Å²) in [4.78, 5) is 44.4. The number of esters is 1. The van der Waals surface area contributed by atoms with Crippen LogP contribution in [0.4, 0.5) is 0 Å². The Balaban J connectivity index is 1.60. The molecule has 2 aromatic heterocycles. The summed E-state index contributed by atoms with van der Waals surface area (Å²) >= 11 is 0. The second kappa shape index (κ2) is 8.59. The molecule has 3 aromatic rings. The van der Waals surface area contributed by atoms with Gasteiger partial charge >= 0.3 is 5.97 Å². The normalized spacial score (nSPS) is 11.8. The number of ketones is 1. The monoisotopic (exact) mass is 395 g/mol. The minimum atomic E-state index is -0.842. The Morgan fingerprint density at radius 2 is 1.86 bits per heavy atom. The smallest absolute Gasteiger partial charge is 0.378 e. The van der Waals surface area contributed by atoms with Gasteiger partial charge in [0, 0.05) is 11.4 Å². The van der Waals surface area contributed by atoms with Crippen LogP contribution in [0.15, 0.2) is 36.4 Å². The molecule has 29 heavy (non-hydrogen) atoms. The van der Waals surface area contributed by atoms with Crippen molar-refractivity contribution in [3.05, 3.63) is 59.2 Å². The van der Waals surface area contributed by atoms with Gasteiger partial charge < -0.3 is 10.1 Å². The predicted octanol–water partition coefficient (Wildman–Crippen LogP) is 1.21. The van der Waals surface area contributed by atoms with E-state index in [2.05, 4.69) is 20.4 Å². The molecule has 9 heteroatoms. The van der Waals surface area contributed by atoms with Crippen LogP contribution in [0.5, 0.6) is 0 Å². The van der Waals surface area contributed by atoms with E-state index >= 15 is 0 Å². The minimum absolute atomic E-state index is 0.188. The van der Waals surface area contributed by atoms with E-state index in [9.17, 15) is 14.4 Å². The first-order valence-electron chi connectivity index (χ1n) is 9.05. The van der Waals surface area contributed by atoms with E-state index < -0.39 is 24.5 Å². The highest BCUT2D eigenvalue weighted by atomic mass is 16.5. The molecule has 0 aliphatic carbocycles. The number of amides is 1. The number of Topliss-reactive ketones (excluding diaryl/α,β-unsaturated/α-hetero) is 1. The molecule has 1 N–H and O–H groups in total. The number of aryl methyl sites for hydroxylation is 2. The van der Waals surface area contributed by atoms with Gasteiger partial charge in [-0.25, -0.2) is 14.3 Å². The second-order valence-electron chi connectivity index (χ2n) is 6.68. The number of ether oxygens (including phenoxy) is 1. The van der Waals surface area contributed by atoms with Crippen LogP contribution >= 0.6 is 0 Å². The Hall–Kier alpha value is -3.62. The topological polar surface area (TPSA) is 116 Å². The number of hydrogen-bond donors (Lipinski definition) is 1. The van der Waals surface area contributed by atoms with Crippen molar-refractivity contribution in [1.29, 1.82) is 0 Å². The largest absolute Gasteiger partial charge is 0.450 e. The highest BCUT2D eigenvalue weighted by Crippen LogP contribution is 2.07. The van der Waals surface area contributed by atoms with Crippen LogP contribution < -0.4 is 5.32 Å². The Kier molecular flexibility index (Phi) is 5.96. The average molecular weight is 395 g/mol. The number of carbonyl (C=O) groups is 3. The fourth-order valence-electron chi connectivity index (χ4n) is 2.83. The van der Waals surface area contributed by atoms with Crippen LogP contribution in [0.2, 0.25) is 0 Å². The molecular weight excluding hydrogens is 374 g/mol. The Morgan fingerprint density at radius 1 is 1.14 bits per heavy atom. The maximum absolute atomic E-state index is 12.2. The number of hydrogen-bond acceptors (Lipinski definition) is 7. The SMILES string of the molecule is CC(=O)C(Cc1ccccc1)NC(=O)COC(=O)c1nc2nc(C)cc(C)n2n1. The molecule has 0 saturated heterocycles. The van der Waals surface area contributed by atoms with Crippen molar-refractivity contribution in [2.24, 2.45) is 0 Å². The van der Waals surface area contributed by atoms with Gasteiger partial charge in [0.15, 0.2) is 12.4 Å². The van der Waals surface area contributed by atoms with Crippen LogP contribution in [-0.2, 0) is 20.7 Å². The summed E-state index contributed by atoms with van der Waals surface area (Å²) in [6.45, 7) is 4.48. The molecule has 0 radical (unpaired) electrons. The first-order valence-corrected chi connectivity index (χ1v) is 9.05. The van der Waals surface area contributed by atoms with E-state index in [4.69, 9.17) is 4.74 Å². The molecule has 0 spiro atoms. The van der Waals surface area contributed by atoms with Gasteiger partial charge in [-0.15, -0.1) is 5.10 Å². The highest BCUT2D eigenvalue weighted by Gasteiger charge is 2.21. The van der Waals surface area contributed by atoms with Gasteiger partial charge in [-0.2, -0.15) is 4.98 Å². The van der Waals surface area contributed by atoms with E-state index in [0.717, 1.165) is 17.0 Å². The first kappa shape index (κ1) is 20.1. The summed E-state index contributed by atoms with van der Waals surface area (Å²) in [5, 5.41) is 6.65. The zero-order valence-corrected chi connectivity index (χ0v) is 16.4. The van der Waals surface area contributed by atoms with Gasteiger partial charge in [0.25, 0.3) is 17.5 Å². The number of fused-ring (bicyclic) bond motifs is 1. The van der Waals surface area contributed by atoms with Crippen molar-refractivity contribution in [1.82, 2.24) is 24.9 Å². The Bertz CT molecular complexity index is 1060. The van der Waals surface area contributed by atoms with Crippen molar-refractivity contribution in [2.75, 3.05) is 6.61 Å². The molecule has 0 bridgehead atoms. The maximum Gasteiger partial charge on any atom is 0.378 e. The van der Waals surface area contributed by atoms with Crippen molar-refractivity contribution in [3.63, 3.8) is 0 Å². The van der Waals surface area contributed by atoms with Gasteiger partial charge in [0.1, 0.15) is 0 Å². The van der Waals surface area contributed by atoms with E-state index in [0.29, 0.717) is 6.42 Å². The van der Waals surface area contributed by atoms with Crippen LogP contribution in [0.3, 0.4) is 0 Å². The molecule has 0 aliphatic rings. The van der Waals surface area contributed by atoms with E-state index in [1.807, 2.05) is 44.2 Å². The summed E-state index contributed by atoms with van der Waals surface area (Å²) in [6, 6.07) is 10.4. The van der Waals surface area contributed by atoms with E-state index in [1.165, 1.54) is 11.4 Å². The van der Waals surface area contributed by atoms with Crippen molar-refractivity contribution >= 4 is 23.4 Å². The lowest BCUT2D eigenvalue weighted by molar-refractivity contribution is -0.128. The highest BCUT2D eigenvalue weighted by molar-refractivity contribution is 5.90. The predicted molar refractivity (Wildman–Crippen MR) is 103 cm³/mol. The van der Waals surface area contributed by atoms with Gasteiger partial charge in [-0.05, 0) is 38.8 Å². The molecule has 0 fully saturated rings. The molecule has 3 rings (SSSR count). The number of benzene rings is 1. The van der Waals surface area contributed by atoms with Crippen molar-refractivity contribution in [2.45, 2.75) is 33.2 Å². The zero-order chi connectivity index (χ0) is 21.0. The lowest BCUT2D eigenvalue weighted by Crippen LogP contribution is -2.43. The zero-order valence-electron chi connectivity index (χ0n) is 16.4. The number of rotatable bonds is 7. The molecule has 1 unspecified atom stereocenters. The molecule has 2 heterocycles. The van der Waals surface area contributed by atoms with Gasteiger partial charge in [0.05, 0.1) is 6.04 Å². The quantitative estimate of drug-likeness (QED) is 0.598. The van der Waals surface area contributed by atoms with E-state index in [1.54, 1.807) is 6.07 Å². The lowest BCUT2D eigenvalue weighted by atomic mass is 10.0. The number of nitrogens with zero attached hydrogens (tertiary/aromatic N) is 4. The Morgan fingerprint density at radius 3 is 2.55 bits per heavy atom. The fraction of sp³-hybridized carbons (Fsp3) is 0.300. The number of nitrogens with one attached hydrogen (secondary N) is 1. The molecule has 150 valence electrons. The third-order valence-corrected chi connectivity index (χ3v) is 4.24. The first-order chi connectivity index (χ1) is 13.8. The third-order valence-electron chi connectivity index (χ3n) is 4.24. The minimum Gasteiger partial charge on any atom is -0.450 e. The van der Waals surface area contributed by atoms with Crippen LogP contribution in [0, 0.1) is 13.8 Å². The fourth-order valence-corrected chi connectivity index (χ4v) is 2.83. The van der Waals surface area contributed by atoms with Crippen molar-refractivity contribution < 1.29 is 19.1 Å². The summed E-state index contributed by atoms with van der Waals surface area (Å²) in [6.07, 6.45) is 0.355. The van der Waals surface area contributed by atoms with E-state index in [-0.39, 0.29) is 17.4 Å². The number of carbonyl (C=O) groups excluding carboxylic acids is 3. The third kappa shape index (κ3) is 5.01. The molecule has 1 amide bonds. The van der Waals surface area contributed by atoms with Crippen LogP contribution in [-0.4, -0.2) is 49.9 Å². The summed E-state index contributed by atoms with van der Waals surface area (Å²) in [5.74, 6) is -1.52. The molecule has 0 aliphatic heterocycles. The molecular formula is C20H21N5O4. The number of aromatic nitrogens is 4. The summed E-state index contributed by atoms with van der Waals surface area (Å²) in [5.41, 5.74) is 2.43. The maximum atomic E-state index is 12.2. The van der Waals surface area contributed by atoms with Gasteiger partial charge in [-0.1, -0.05) is 30.3 Å². The van der Waals surface area contributed by atoms with Gasteiger partial charge in [0.2, 0.25) is 0 Å². The second-order valence-corrected chi connectivity index (χ2v) is 6.68. The van der Waals surface area contributed by atoms with Crippen molar-refractivity contribution in [3.8, 4) is 0 Å². The van der Waals surface area contributed by atoms with Crippen LogP contribution in [0.1, 0.15) is 34.5 Å². The molecule has 1 aromatic carbocycles. The summed E-state index contributed by atoms with van der Waals surface area (Å²) < 4.78 is 6.42. The Labute approximate surface area is 167 Å². The molecule has 9 nitrogen and oxygen atoms in total. The van der Waals surface area contributed by atoms with Gasteiger partial charge in [-0.3, -0.25) is 9.59 Å². The molecule has 0 saturated carbocycles. The lowest BCUT2D eigenvalue weighted by Gasteiger charge is -2.16. The molecule has 1 atom stereocenters. The average Bonchev–Trinajstić information content (AvgIpc) is 3.11.